The molecule has 0 aliphatic carbocycles. The van der Waals surface area contributed by atoms with Crippen LogP contribution in [0.4, 0.5) is 11.5 Å². The highest BCUT2D eigenvalue weighted by molar-refractivity contribution is 7.92. The fourth-order valence-corrected chi connectivity index (χ4v) is 2.97. The molecule has 0 saturated carbocycles. The minimum Gasteiger partial charge on any atom is -0.399 e. The zero-order valence-corrected chi connectivity index (χ0v) is 11.7. The lowest BCUT2D eigenvalue weighted by Crippen LogP contribution is -2.14. The van der Waals surface area contributed by atoms with Crippen LogP contribution in [0, 0.1) is 6.92 Å². The van der Waals surface area contributed by atoms with Crippen LogP contribution < -0.4 is 10.5 Å². The van der Waals surface area contributed by atoms with E-state index in [1.807, 2.05) is 0 Å². The molecule has 0 atom stereocenters. The molecule has 0 aliphatic rings. The number of aryl methyl sites for hydroxylation is 1. The Morgan fingerprint density at radius 1 is 1.32 bits per heavy atom. The number of aromatic nitrogens is 1. The van der Waals surface area contributed by atoms with E-state index in [2.05, 4.69) is 9.71 Å². The molecule has 0 radical (unpaired) electrons. The van der Waals surface area contributed by atoms with Gasteiger partial charge in [-0.05, 0) is 42.8 Å². The maximum absolute atomic E-state index is 12.2. The summed E-state index contributed by atoms with van der Waals surface area (Å²) in [5.41, 5.74) is 6.78. The first-order valence-electron chi connectivity index (χ1n) is 5.39. The van der Waals surface area contributed by atoms with E-state index in [0.717, 1.165) is 5.56 Å². The summed E-state index contributed by atoms with van der Waals surface area (Å²) in [6, 6.07) is 7.76. The second-order valence-electron chi connectivity index (χ2n) is 4.02. The Bertz CT molecular complexity index is 696. The van der Waals surface area contributed by atoms with Gasteiger partial charge in [-0.3, -0.25) is 4.72 Å². The van der Waals surface area contributed by atoms with Crippen molar-refractivity contribution in [3.05, 3.63) is 47.1 Å². The average Bonchev–Trinajstić information content (AvgIpc) is 2.31. The third-order valence-electron chi connectivity index (χ3n) is 2.37. The highest BCUT2D eigenvalue weighted by atomic mass is 35.5. The Hall–Kier alpha value is -1.79. The van der Waals surface area contributed by atoms with Gasteiger partial charge >= 0.3 is 0 Å². The van der Waals surface area contributed by atoms with Crippen LogP contribution >= 0.6 is 11.6 Å². The number of nitrogens with zero attached hydrogens (tertiary/aromatic N) is 1. The van der Waals surface area contributed by atoms with Crippen LogP contribution in [0.1, 0.15) is 5.56 Å². The number of hydrogen-bond acceptors (Lipinski definition) is 4. The molecule has 0 saturated heterocycles. The first-order chi connectivity index (χ1) is 8.88. The largest absolute Gasteiger partial charge is 0.399 e. The topological polar surface area (TPSA) is 85.1 Å². The van der Waals surface area contributed by atoms with Crippen LogP contribution in [0.5, 0.6) is 0 Å². The summed E-state index contributed by atoms with van der Waals surface area (Å²) in [5, 5.41) is 0.228. The summed E-state index contributed by atoms with van der Waals surface area (Å²) in [7, 11) is -3.76. The molecule has 5 nitrogen and oxygen atoms in total. The highest BCUT2D eigenvalue weighted by Gasteiger charge is 2.17. The normalized spacial score (nSPS) is 11.3. The van der Waals surface area contributed by atoms with Crippen LogP contribution in [-0.4, -0.2) is 13.4 Å². The second kappa shape index (κ2) is 5.07. The number of halogens is 1. The number of nitrogens with two attached hydrogens (primary N) is 1. The van der Waals surface area contributed by atoms with E-state index in [1.54, 1.807) is 25.1 Å². The number of benzene rings is 1. The minimum atomic E-state index is -3.76. The summed E-state index contributed by atoms with van der Waals surface area (Å²) >= 11 is 5.87. The van der Waals surface area contributed by atoms with Crippen LogP contribution in [0.2, 0.25) is 5.02 Å². The van der Waals surface area contributed by atoms with Gasteiger partial charge in [0, 0.05) is 11.9 Å². The maximum Gasteiger partial charge on any atom is 0.263 e. The minimum absolute atomic E-state index is 0.0757. The SMILES string of the molecule is Cc1cc(N)cc(S(=O)(=O)Nc2ncccc2Cl)c1. The van der Waals surface area contributed by atoms with Crippen LogP contribution in [0.25, 0.3) is 0 Å². The van der Waals surface area contributed by atoms with E-state index >= 15 is 0 Å². The number of rotatable bonds is 3. The van der Waals surface area contributed by atoms with Crippen LogP contribution in [0.3, 0.4) is 0 Å². The zero-order valence-electron chi connectivity index (χ0n) is 10.1. The van der Waals surface area contributed by atoms with Crippen LogP contribution in [-0.2, 0) is 10.0 Å². The molecule has 1 aromatic carbocycles. The molecule has 0 bridgehead atoms. The third-order valence-corrected chi connectivity index (χ3v) is 4.00. The quantitative estimate of drug-likeness (QED) is 0.852. The molecule has 0 aliphatic heterocycles. The monoisotopic (exact) mass is 297 g/mol. The van der Waals surface area contributed by atoms with Gasteiger partial charge in [-0.2, -0.15) is 0 Å². The van der Waals surface area contributed by atoms with Crippen molar-refractivity contribution in [3.63, 3.8) is 0 Å². The third kappa shape index (κ3) is 3.15. The van der Waals surface area contributed by atoms with Gasteiger partial charge in [0.05, 0.1) is 9.92 Å². The first kappa shape index (κ1) is 13.6. The summed E-state index contributed by atoms with van der Waals surface area (Å²) in [6.45, 7) is 1.77. The number of nitrogens with one attached hydrogen (secondary N) is 1. The number of pyridine rings is 1. The fourth-order valence-electron chi connectivity index (χ4n) is 1.58. The van der Waals surface area contributed by atoms with Crippen molar-refractivity contribution in [2.45, 2.75) is 11.8 Å². The van der Waals surface area contributed by atoms with Gasteiger partial charge in [-0.25, -0.2) is 13.4 Å². The maximum atomic E-state index is 12.2. The molecule has 100 valence electrons. The summed E-state index contributed by atoms with van der Waals surface area (Å²) in [6.07, 6.45) is 1.45. The van der Waals surface area contributed by atoms with E-state index < -0.39 is 10.0 Å². The van der Waals surface area contributed by atoms with E-state index in [1.165, 1.54) is 18.3 Å². The van der Waals surface area contributed by atoms with E-state index in [4.69, 9.17) is 17.3 Å². The number of sulfonamides is 1. The number of anilines is 2. The molecule has 1 heterocycles. The fraction of sp³-hybridized carbons (Fsp3) is 0.0833. The predicted octanol–water partition coefficient (Wildman–Crippen LogP) is 2.43. The van der Waals surface area contributed by atoms with Crippen molar-refractivity contribution in [2.24, 2.45) is 0 Å². The van der Waals surface area contributed by atoms with Gasteiger partial charge in [0.25, 0.3) is 10.0 Å². The van der Waals surface area contributed by atoms with Crippen molar-refractivity contribution in [2.75, 3.05) is 10.5 Å². The van der Waals surface area contributed by atoms with E-state index in [0.29, 0.717) is 5.69 Å². The highest BCUT2D eigenvalue weighted by Crippen LogP contribution is 2.23. The molecular formula is C12H12ClN3O2S. The van der Waals surface area contributed by atoms with Gasteiger partial charge in [0.2, 0.25) is 0 Å². The van der Waals surface area contributed by atoms with E-state index in [9.17, 15) is 8.42 Å². The van der Waals surface area contributed by atoms with Crippen molar-refractivity contribution in [1.82, 2.24) is 4.98 Å². The second-order valence-corrected chi connectivity index (χ2v) is 6.11. The molecule has 0 amide bonds. The molecule has 1 aromatic heterocycles. The Morgan fingerprint density at radius 2 is 2.05 bits per heavy atom. The molecule has 2 rings (SSSR count). The number of hydrogen-bond donors (Lipinski definition) is 2. The van der Waals surface area contributed by atoms with E-state index in [-0.39, 0.29) is 15.7 Å². The van der Waals surface area contributed by atoms with Crippen molar-refractivity contribution in [3.8, 4) is 0 Å². The standard InChI is InChI=1S/C12H12ClN3O2S/c1-8-5-9(14)7-10(6-8)19(17,18)16-12-11(13)3-2-4-15-12/h2-7H,14H2,1H3,(H,15,16). The van der Waals surface area contributed by atoms with Crippen molar-refractivity contribution >= 4 is 33.1 Å². The lowest BCUT2D eigenvalue weighted by atomic mass is 10.2. The Balaban J connectivity index is 2.41. The first-order valence-corrected chi connectivity index (χ1v) is 7.25. The molecule has 2 aromatic rings. The molecule has 0 fully saturated rings. The predicted molar refractivity (Wildman–Crippen MR) is 75.6 cm³/mol. The summed E-state index contributed by atoms with van der Waals surface area (Å²) in [5.74, 6) is 0.0873. The molecule has 3 N–H and O–H groups in total. The van der Waals surface area contributed by atoms with Gasteiger partial charge in [-0.1, -0.05) is 11.6 Å². The Labute approximate surface area is 116 Å². The lowest BCUT2D eigenvalue weighted by molar-refractivity contribution is 0.601. The summed E-state index contributed by atoms with van der Waals surface area (Å²) < 4.78 is 26.7. The molecule has 0 spiro atoms. The zero-order chi connectivity index (χ0) is 14.0. The smallest absolute Gasteiger partial charge is 0.263 e. The molecule has 0 unspecified atom stereocenters. The van der Waals surface area contributed by atoms with Crippen molar-refractivity contribution in [1.29, 1.82) is 0 Å². The van der Waals surface area contributed by atoms with Crippen LogP contribution in [0.15, 0.2) is 41.4 Å². The van der Waals surface area contributed by atoms with Crippen molar-refractivity contribution < 1.29 is 8.42 Å². The average molecular weight is 298 g/mol. The van der Waals surface area contributed by atoms with Gasteiger partial charge in [0.15, 0.2) is 5.82 Å². The van der Waals surface area contributed by atoms with Gasteiger partial charge in [0.1, 0.15) is 0 Å². The number of nitrogen functional groups attached to an aromatic ring is 1. The van der Waals surface area contributed by atoms with Gasteiger partial charge < -0.3 is 5.73 Å². The molecular weight excluding hydrogens is 286 g/mol. The molecule has 7 heteroatoms. The lowest BCUT2D eigenvalue weighted by Gasteiger charge is -2.09. The Morgan fingerprint density at radius 3 is 2.68 bits per heavy atom. The summed E-state index contributed by atoms with van der Waals surface area (Å²) in [4.78, 5) is 3.96. The Kier molecular flexibility index (Phi) is 3.64. The molecule has 19 heavy (non-hydrogen) atoms. The van der Waals surface area contributed by atoms with Gasteiger partial charge in [-0.15, -0.1) is 0 Å².